The van der Waals surface area contributed by atoms with Gasteiger partial charge in [-0.3, -0.25) is 0 Å². The van der Waals surface area contributed by atoms with Crippen LogP contribution in [0.4, 0.5) is 23.7 Å². The monoisotopic (exact) mass is 467 g/mol. The summed E-state index contributed by atoms with van der Waals surface area (Å²) in [5.74, 6) is -0.368. The molecule has 0 bridgehead atoms. The highest BCUT2D eigenvalue weighted by Gasteiger charge is 2.31. The molecule has 33 heavy (non-hydrogen) atoms. The lowest BCUT2D eigenvalue weighted by molar-refractivity contribution is -0.274. The predicted octanol–water partition coefficient (Wildman–Crippen LogP) is 3.75. The molecular formula is C21H24F3N5O4. The Hall–Kier alpha value is -3.54. The summed E-state index contributed by atoms with van der Waals surface area (Å²) < 4.78 is 48.0. The molecule has 0 spiro atoms. The standard InChI is InChI=1S/C21H24F3N5O4/c1-20(2,3)33-19(31)27-12-16-17-15(25-10-11-30)8-9-26-18(17)29(28-16)13-4-6-14(7-5-13)32-21(22,23)24/h4-9,30H,10-12H2,1-3H3,(H,25,26)(H,27,31). The highest BCUT2D eigenvalue weighted by molar-refractivity contribution is 5.92. The van der Waals surface area contributed by atoms with Gasteiger partial charge in [0.05, 0.1) is 29.9 Å². The van der Waals surface area contributed by atoms with Gasteiger partial charge in [-0.05, 0) is 51.1 Å². The van der Waals surface area contributed by atoms with Crippen molar-refractivity contribution in [2.45, 2.75) is 39.3 Å². The Kier molecular flexibility index (Phi) is 6.96. The van der Waals surface area contributed by atoms with Gasteiger partial charge in [0.25, 0.3) is 0 Å². The third-order valence-electron chi connectivity index (χ3n) is 4.18. The van der Waals surface area contributed by atoms with E-state index in [-0.39, 0.29) is 25.4 Å². The molecule has 2 aromatic heterocycles. The van der Waals surface area contributed by atoms with Crippen molar-refractivity contribution in [3.63, 3.8) is 0 Å². The van der Waals surface area contributed by atoms with Crippen LogP contribution in [0.1, 0.15) is 26.5 Å². The summed E-state index contributed by atoms with van der Waals surface area (Å²) in [4.78, 5) is 16.5. The van der Waals surface area contributed by atoms with Crippen molar-refractivity contribution in [3.8, 4) is 11.4 Å². The molecule has 2 heterocycles. The Morgan fingerprint density at radius 3 is 2.45 bits per heavy atom. The third kappa shape index (κ3) is 6.48. The summed E-state index contributed by atoms with van der Waals surface area (Å²) in [5, 5.41) is 20.0. The van der Waals surface area contributed by atoms with Crippen LogP contribution in [0.25, 0.3) is 16.7 Å². The van der Waals surface area contributed by atoms with E-state index in [0.29, 0.717) is 28.1 Å². The molecule has 0 aliphatic rings. The normalized spacial score (nSPS) is 12.0. The minimum absolute atomic E-state index is 0.00712. The molecule has 12 heteroatoms. The van der Waals surface area contributed by atoms with E-state index < -0.39 is 18.1 Å². The van der Waals surface area contributed by atoms with Gasteiger partial charge in [-0.2, -0.15) is 5.10 Å². The molecule has 0 atom stereocenters. The van der Waals surface area contributed by atoms with Crippen LogP contribution in [0.2, 0.25) is 0 Å². The number of carbonyl (C=O) groups is 1. The van der Waals surface area contributed by atoms with Crippen molar-refractivity contribution in [1.29, 1.82) is 0 Å². The summed E-state index contributed by atoms with van der Waals surface area (Å²) >= 11 is 0. The maximum Gasteiger partial charge on any atom is 0.573 e. The number of halogens is 3. The number of alkyl halides is 3. The fraction of sp³-hybridized carbons (Fsp3) is 0.381. The van der Waals surface area contributed by atoms with Crippen molar-refractivity contribution < 1.29 is 32.5 Å². The largest absolute Gasteiger partial charge is 0.573 e. The molecule has 0 saturated carbocycles. The first-order valence-corrected chi connectivity index (χ1v) is 10.0. The van der Waals surface area contributed by atoms with E-state index in [1.54, 1.807) is 26.8 Å². The Morgan fingerprint density at radius 1 is 1.15 bits per heavy atom. The van der Waals surface area contributed by atoms with E-state index in [1.807, 2.05) is 0 Å². The summed E-state index contributed by atoms with van der Waals surface area (Å²) in [6.07, 6.45) is -3.89. The summed E-state index contributed by atoms with van der Waals surface area (Å²) in [5.41, 5.74) is 1.23. The molecule has 0 unspecified atom stereocenters. The lowest BCUT2D eigenvalue weighted by atomic mass is 10.2. The number of anilines is 1. The molecular weight excluding hydrogens is 443 g/mol. The van der Waals surface area contributed by atoms with Gasteiger partial charge >= 0.3 is 12.5 Å². The van der Waals surface area contributed by atoms with Crippen molar-refractivity contribution in [1.82, 2.24) is 20.1 Å². The van der Waals surface area contributed by atoms with Crippen molar-refractivity contribution in [2.24, 2.45) is 0 Å². The van der Waals surface area contributed by atoms with E-state index in [0.717, 1.165) is 0 Å². The zero-order valence-electron chi connectivity index (χ0n) is 18.2. The molecule has 178 valence electrons. The quantitative estimate of drug-likeness (QED) is 0.485. The Bertz CT molecular complexity index is 1110. The first-order chi connectivity index (χ1) is 15.5. The van der Waals surface area contributed by atoms with Crippen LogP contribution < -0.4 is 15.4 Å². The van der Waals surface area contributed by atoms with Crippen LogP contribution in [-0.4, -0.2) is 51.1 Å². The molecule has 3 rings (SSSR count). The maximum atomic E-state index is 12.5. The van der Waals surface area contributed by atoms with Gasteiger partial charge in [0.15, 0.2) is 5.65 Å². The molecule has 0 aliphatic carbocycles. The maximum absolute atomic E-state index is 12.5. The molecule has 9 nitrogen and oxygen atoms in total. The zero-order valence-corrected chi connectivity index (χ0v) is 18.2. The zero-order chi connectivity index (χ0) is 24.2. The summed E-state index contributed by atoms with van der Waals surface area (Å²) in [6.45, 7) is 5.39. The fourth-order valence-electron chi connectivity index (χ4n) is 3.01. The van der Waals surface area contributed by atoms with E-state index in [1.165, 1.54) is 35.1 Å². The van der Waals surface area contributed by atoms with Crippen molar-refractivity contribution in [3.05, 3.63) is 42.2 Å². The van der Waals surface area contributed by atoms with E-state index in [2.05, 4.69) is 25.5 Å². The van der Waals surface area contributed by atoms with Crippen LogP contribution >= 0.6 is 0 Å². The summed E-state index contributed by atoms with van der Waals surface area (Å²) in [6, 6.07) is 6.86. The first-order valence-electron chi connectivity index (χ1n) is 10.0. The second kappa shape index (κ2) is 9.53. The van der Waals surface area contributed by atoms with E-state index in [4.69, 9.17) is 4.74 Å². The van der Waals surface area contributed by atoms with Crippen LogP contribution in [0.5, 0.6) is 5.75 Å². The topological polar surface area (TPSA) is 111 Å². The molecule has 1 aromatic carbocycles. The third-order valence-corrected chi connectivity index (χ3v) is 4.18. The number of pyridine rings is 1. The Morgan fingerprint density at radius 2 is 1.85 bits per heavy atom. The number of hydrogen-bond donors (Lipinski definition) is 3. The molecule has 0 radical (unpaired) electrons. The molecule has 0 fully saturated rings. The van der Waals surface area contributed by atoms with Gasteiger partial charge in [-0.15, -0.1) is 13.2 Å². The van der Waals surface area contributed by atoms with E-state index in [9.17, 15) is 23.1 Å². The van der Waals surface area contributed by atoms with Crippen LogP contribution in [0.15, 0.2) is 36.5 Å². The number of nitrogens with zero attached hydrogens (tertiary/aromatic N) is 3. The van der Waals surface area contributed by atoms with E-state index >= 15 is 0 Å². The number of ether oxygens (including phenoxy) is 2. The highest BCUT2D eigenvalue weighted by Crippen LogP contribution is 2.29. The molecule has 3 N–H and O–H groups in total. The molecule has 3 aromatic rings. The van der Waals surface area contributed by atoms with Crippen molar-refractivity contribution >= 4 is 22.8 Å². The number of hydrogen-bond acceptors (Lipinski definition) is 7. The number of amides is 1. The Labute approximate surface area is 187 Å². The molecule has 1 amide bonds. The molecule has 0 aliphatic heterocycles. The highest BCUT2D eigenvalue weighted by atomic mass is 19.4. The van der Waals surface area contributed by atoms with Gasteiger partial charge in [0.2, 0.25) is 0 Å². The number of aliphatic hydroxyl groups excluding tert-OH is 1. The average molecular weight is 467 g/mol. The second-order valence-corrected chi connectivity index (χ2v) is 7.96. The number of nitrogens with one attached hydrogen (secondary N) is 2. The number of fused-ring (bicyclic) bond motifs is 1. The van der Waals surface area contributed by atoms with Gasteiger partial charge in [-0.1, -0.05) is 0 Å². The predicted molar refractivity (Wildman–Crippen MR) is 114 cm³/mol. The number of carbonyl (C=O) groups excluding carboxylic acids is 1. The van der Waals surface area contributed by atoms with Gasteiger partial charge in [0.1, 0.15) is 11.4 Å². The summed E-state index contributed by atoms with van der Waals surface area (Å²) in [7, 11) is 0. The first kappa shape index (κ1) is 24.1. The SMILES string of the molecule is CC(C)(C)OC(=O)NCc1nn(-c2ccc(OC(F)(F)F)cc2)c2nccc(NCCO)c12. The van der Waals surface area contributed by atoms with Gasteiger partial charge in [-0.25, -0.2) is 14.5 Å². The lowest BCUT2D eigenvalue weighted by Gasteiger charge is -2.19. The van der Waals surface area contributed by atoms with Crippen molar-refractivity contribution in [2.75, 3.05) is 18.5 Å². The lowest BCUT2D eigenvalue weighted by Crippen LogP contribution is -2.32. The number of alkyl carbamates (subject to hydrolysis) is 1. The van der Waals surface area contributed by atoms with Crippen LogP contribution in [0, 0.1) is 0 Å². The smallest absolute Gasteiger partial charge is 0.444 e. The van der Waals surface area contributed by atoms with Crippen LogP contribution in [-0.2, 0) is 11.3 Å². The average Bonchev–Trinajstić information content (AvgIpc) is 3.08. The molecule has 0 saturated heterocycles. The number of rotatable bonds is 7. The number of aliphatic hydroxyl groups is 1. The fourth-order valence-corrected chi connectivity index (χ4v) is 3.01. The Balaban J connectivity index is 1.97. The minimum Gasteiger partial charge on any atom is -0.444 e. The second-order valence-electron chi connectivity index (χ2n) is 7.96. The van der Waals surface area contributed by atoms with Gasteiger partial charge < -0.3 is 25.2 Å². The number of benzene rings is 1. The van der Waals surface area contributed by atoms with Crippen LogP contribution in [0.3, 0.4) is 0 Å². The van der Waals surface area contributed by atoms with Gasteiger partial charge in [0, 0.05) is 18.4 Å². The minimum atomic E-state index is -4.80. The number of aromatic nitrogens is 3.